The molecule has 12 heteroatoms. The second-order valence-corrected chi connectivity index (χ2v) is 11.1. The van der Waals surface area contributed by atoms with Crippen molar-refractivity contribution in [2.45, 2.75) is 76.6 Å². The van der Waals surface area contributed by atoms with E-state index >= 15 is 0 Å². The minimum Gasteiger partial charge on any atom is -0.497 e. The highest BCUT2D eigenvalue weighted by Crippen LogP contribution is 2.27. The first-order valence-corrected chi connectivity index (χ1v) is 14.0. The van der Waals surface area contributed by atoms with E-state index in [-0.39, 0.29) is 11.6 Å². The number of carbonyl (C=O) groups is 4. The zero-order valence-corrected chi connectivity index (χ0v) is 23.8. The first-order valence-electron chi connectivity index (χ1n) is 14.0. The predicted octanol–water partition coefficient (Wildman–Crippen LogP) is 1.74. The van der Waals surface area contributed by atoms with Crippen molar-refractivity contribution in [3.63, 3.8) is 0 Å². The number of aliphatic hydroxyl groups excluding tert-OH is 1. The van der Waals surface area contributed by atoms with Gasteiger partial charge < -0.3 is 25.0 Å². The number of nitrogens with one attached hydrogen (secondary N) is 2. The normalized spacial score (nSPS) is 21.6. The number of pyridine rings is 1. The van der Waals surface area contributed by atoms with Gasteiger partial charge in [-0.1, -0.05) is 50.2 Å². The summed E-state index contributed by atoms with van der Waals surface area (Å²) in [5.41, 5.74) is 1.47. The Bertz CT molecular complexity index is 1230. The van der Waals surface area contributed by atoms with E-state index in [0.29, 0.717) is 31.4 Å². The molecule has 0 spiro atoms. The van der Waals surface area contributed by atoms with E-state index < -0.39 is 61.0 Å². The van der Waals surface area contributed by atoms with E-state index in [4.69, 9.17) is 9.31 Å². The molecule has 1 aromatic carbocycles. The maximum atomic E-state index is 13.4. The van der Waals surface area contributed by atoms with Gasteiger partial charge in [0.05, 0.1) is 17.7 Å². The Morgan fingerprint density at radius 3 is 2.22 bits per heavy atom. The fourth-order valence-electron chi connectivity index (χ4n) is 5.24. The number of carbonyl (C=O) groups excluding carboxylic acids is 4. The van der Waals surface area contributed by atoms with Gasteiger partial charge in [-0.3, -0.25) is 24.1 Å². The van der Waals surface area contributed by atoms with E-state index in [0.717, 1.165) is 5.56 Å². The van der Waals surface area contributed by atoms with E-state index in [1.807, 2.05) is 44.2 Å². The number of hydrogen-bond acceptors (Lipinski definition) is 9. The lowest BCUT2D eigenvalue weighted by molar-refractivity contribution is -0.157. The Balaban J connectivity index is 1.51. The Kier molecular flexibility index (Phi) is 9.77. The molecule has 1 unspecified atom stereocenters. The average Bonchev–Trinajstić information content (AvgIpc) is 2.94. The molecule has 0 saturated carbocycles. The van der Waals surface area contributed by atoms with Crippen molar-refractivity contribution < 1.29 is 33.6 Å². The topological polar surface area (TPSA) is 147 Å². The molecule has 0 radical (unpaired) electrons. The van der Waals surface area contributed by atoms with E-state index in [2.05, 4.69) is 15.6 Å². The molecule has 2 fully saturated rings. The van der Waals surface area contributed by atoms with Crippen molar-refractivity contribution in [2.75, 3.05) is 7.05 Å². The maximum absolute atomic E-state index is 13.4. The summed E-state index contributed by atoms with van der Waals surface area (Å²) in [6.45, 7) is 5.20. The second-order valence-electron chi connectivity index (χ2n) is 11.1. The quantitative estimate of drug-likeness (QED) is 0.388. The number of aromatic nitrogens is 1. The smallest absolute Gasteiger partial charge is 0.497 e. The summed E-state index contributed by atoms with van der Waals surface area (Å²) in [5, 5.41) is 15.8. The molecule has 218 valence electrons. The largest absolute Gasteiger partial charge is 0.622 e. The van der Waals surface area contributed by atoms with Crippen molar-refractivity contribution in [3.8, 4) is 11.3 Å². The third kappa shape index (κ3) is 7.31. The molecule has 2 aliphatic heterocycles. The summed E-state index contributed by atoms with van der Waals surface area (Å²) in [4.78, 5) is 58.6. The van der Waals surface area contributed by atoms with Crippen molar-refractivity contribution in [2.24, 2.45) is 5.92 Å². The van der Waals surface area contributed by atoms with Crippen molar-refractivity contribution in [1.29, 1.82) is 0 Å². The molecule has 3 heterocycles. The van der Waals surface area contributed by atoms with Gasteiger partial charge in [0.15, 0.2) is 0 Å². The molecule has 0 aliphatic carbocycles. The van der Waals surface area contributed by atoms with Gasteiger partial charge in [-0.05, 0) is 57.7 Å². The van der Waals surface area contributed by atoms with Crippen LogP contribution < -0.4 is 10.6 Å². The van der Waals surface area contributed by atoms with E-state index in [1.54, 1.807) is 24.1 Å². The molecule has 2 saturated heterocycles. The summed E-state index contributed by atoms with van der Waals surface area (Å²) in [5.74, 6) is -3.30. The number of piperidine rings is 1. The molecular weight excluding hydrogens is 527 g/mol. The molecule has 3 N–H and O–H groups in total. The van der Waals surface area contributed by atoms with Crippen LogP contribution in [-0.4, -0.2) is 83.1 Å². The summed E-state index contributed by atoms with van der Waals surface area (Å²) >= 11 is 0. The van der Waals surface area contributed by atoms with Crippen LogP contribution in [0.5, 0.6) is 0 Å². The Morgan fingerprint density at radius 1 is 1.00 bits per heavy atom. The van der Waals surface area contributed by atoms with Crippen LogP contribution in [0.1, 0.15) is 56.9 Å². The van der Waals surface area contributed by atoms with Gasteiger partial charge in [0, 0.05) is 5.56 Å². The lowest BCUT2D eigenvalue weighted by atomic mass is 9.72. The minimum atomic E-state index is -1.36. The van der Waals surface area contributed by atoms with Crippen LogP contribution in [0.3, 0.4) is 0 Å². The van der Waals surface area contributed by atoms with Gasteiger partial charge >= 0.3 is 19.1 Å². The van der Waals surface area contributed by atoms with Crippen LogP contribution in [0.2, 0.25) is 0 Å². The fourth-order valence-corrected chi connectivity index (χ4v) is 5.24. The molecule has 2 aliphatic rings. The van der Waals surface area contributed by atoms with Crippen molar-refractivity contribution in [1.82, 2.24) is 20.5 Å². The third-order valence-corrected chi connectivity index (χ3v) is 7.43. The Morgan fingerprint density at radius 2 is 1.63 bits per heavy atom. The minimum absolute atomic E-state index is 0.0230. The van der Waals surface area contributed by atoms with Crippen LogP contribution in [0, 0.1) is 5.92 Å². The molecule has 2 amide bonds. The molecule has 1 aromatic heterocycles. The molecule has 2 aromatic rings. The highest BCUT2D eigenvalue weighted by atomic mass is 16.6. The van der Waals surface area contributed by atoms with Crippen LogP contribution >= 0.6 is 0 Å². The van der Waals surface area contributed by atoms with Crippen LogP contribution in [0.15, 0.2) is 48.5 Å². The summed E-state index contributed by atoms with van der Waals surface area (Å²) in [6.07, 6.45) is 0.847. The number of hydrogen-bond donors (Lipinski definition) is 3. The van der Waals surface area contributed by atoms with E-state index in [1.165, 1.54) is 13.0 Å². The number of benzene rings is 1. The molecule has 4 rings (SSSR count). The molecular formula is C29H37BN4O7. The van der Waals surface area contributed by atoms with Crippen LogP contribution in [0.4, 0.5) is 0 Å². The second kappa shape index (κ2) is 13.3. The highest BCUT2D eigenvalue weighted by Gasteiger charge is 2.48. The number of nitrogens with zero attached hydrogens (tertiary/aromatic N) is 2. The van der Waals surface area contributed by atoms with Crippen molar-refractivity contribution in [3.05, 3.63) is 54.2 Å². The number of likely N-dealkylation sites (N-methyl/N-ethyl adjacent to an activating group) is 1. The number of rotatable bonds is 9. The van der Waals surface area contributed by atoms with Gasteiger partial charge in [0.25, 0.3) is 5.91 Å². The first kappa shape index (κ1) is 30.2. The zero-order chi connectivity index (χ0) is 29.7. The first-order chi connectivity index (χ1) is 19.5. The summed E-state index contributed by atoms with van der Waals surface area (Å²) in [6, 6.07) is 11.8. The summed E-state index contributed by atoms with van der Waals surface area (Å²) in [7, 11) is 0.345. The van der Waals surface area contributed by atoms with Crippen LogP contribution in [-0.2, 0) is 23.7 Å². The molecule has 41 heavy (non-hydrogen) atoms. The Labute approximate surface area is 240 Å². The third-order valence-electron chi connectivity index (χ3n) is 7.43. The standard InChI is InChI=1S/C29H37BN4O7/c1-17(2)16-24(30-40-28(38)22-14-9-15-23(34(22)4)29(39)41-30)32-27(37)25(18(3)35)33-26(36)21-13-8-12-20(31-21)19-10-6-5-7-11-19/h5-8,10-13,17-18,22-25,35H,9,14-16H2,1-4H3,(H,32,37)(H,33,36)/t18-,22-,23+,24+,25?/m1/s1. The monoisotopic (exact) mass is 564 g/mol. The van der Waals surface area contributed by atoms with Crippen LogP contribution in [0.25, 0.3) is 11.3 Å². The maximum Gasteiger partial charge on any atom is 0.622 e. The average molecular weight is 564 g/mol. The zero-order valence-electron chi connectivity index (χ0n) is 23.8. The van der Waals surface area contributed by atoms with Gasteiger partial charge in [-0.15, -0.1) is 0 Å². The highest BCUT2D eigenvalue weighted by molar-refractivity contribution is 6.51. The lowest BCUT2D eigenvalue weighted by Gasteiger charge is -2.40. The fraction of sp³-hybridized carbons (Fsp3) is 0.483. The SMILES string of the molecule is CC(C)C[C@H](NC(=O)C(NC(=O)c1cccc(-c2ccccc2)n1)[C@@H](C)O)B1OC(=O)[C@H]2CCC[C@@H](C(=O)O1)N2C. The van der Waals surface area contributed by atoms with Gasteiger partial charge in [-0.2, -0.15) is 0 Å². The molecule has 2 bridgehead atoms. The van der Waals surface area contributed by atoms with Gasteiger partial charge in [0.2, 0.25) is 5.91 Å². The van der Waals surface area contributed by atoms with Crippen molar-refractivity contribution >= 4 is 30.9 Å². The Hall–Kier alpha value is -3.77. The number of aliphatic hydroxyl groups is 1. The van der Waals surface area contributed by atoms with Gasteiger partial charge in [0.1, 0.15) is 23.8 Å². The molecule has 11 nitrogen and oxygen atoms in total. The summed E-state index contributed by atoms with van der Waals surface area (Å²) < 4.78 is 11.3. The number of amides is 2. The lowest BCUT2D eigenvalue weighted by Crippen LogP contribution is -2.62. The predicted molar refractivity (Wildman–Crippen MR) is 151 cm³/mol. The number of fused-ring (bicyclic) bond motifs is 2. The van der Waals surface area contributed by atoms with E-state index in [9.17, 15) is 24.3 Å². The molecule has 5 atom stereocenters. The van der Waals surface area contributed by atoms with Gasteiger partial charge in [-0.25, -0.2) is 4.98 Å².